The summed E-state index contributed by atoms with van der Waals surface area (Å²) < 4.78 is 40.9. The molecular weight excluding hydrogens is 380 g/mol. The molecule has 6 heteroatoms. The van der Waals surface area contributed by atoms with Crippen molar-refractivity contribution >= 4 is 13.5 Å². The van der Waals surface area contributed by atoms with Crippen LogP contribution in [0.15, 0.2) is 36.7 Å². The number of rotatable bonds is 4. The molecule has 0 amide bonds. The topological polar surface area (TPSA) is 17.8 Å². The second-order valence-corrected chi connectivity index (χ2v) is 10.8. The summed E-state index contributed by atoms with van der Waals surface area (Å²) in [5, 5.41) is 0. The van der Waals surface area contributed by atoms with Crippen molar-refractivity contribution in [3.05, 3.63) is 42.2 Å². The first-order valence-corrected chi connectivity index (χ1v) is 12.0. The van der Waals surface area contributed by atoms with Crippen LogP contribution in [0.25, 0.3) is 5.69 Å². The van der Waals surface area contributed by atoms with Gasteiger partial charge in [0, 0.05) is 18.1 Å². The molecule has 0 aliphatic heterocycles. The normalized spacial score (nSPS) is 20.0. The van der Waals surface area contributed by atoms with Crippen molar-refractivity contribution in [3.8, 4) is 5.69 Å². The van der Waals surface area contributed by atoms with E-state index < -0.39 is 19.7 Å². The van der Waals surface area contributed by atoms with Gasteiger partial charge in [0.25, 0.3) is 0 Å². The lowest BCUT2D eigenvalue weighted by atomic mass is 9.99. The maximum Gasteiger partial charge on any atom is 0.416 e. The lowest BCUT2D eigenvalue weighted by molar-refractivity contribution is -0.137. The number of alkyl halides is 3. The average Bonchev–Trinajstić information content (AvgIpc) is 3.19. The zero-order chi connectivity index (χ0) is 19.6. The SMILES string of the molecule is FC(F)(F)c1ccc(-n2ccnc2P(C2CCCCC2)C2CCCCC2)cc1. The maximum absolute atomic E-state index is 12.9. The summed E-state index contributed by atoms with van der Waals surface area (Å²) in [5.74, 6) is 0. The summed E-state index contributed by atoms with van der Waals surface area (Å²) in [6, 6.07) is 5.54. The average molecular weight is 408 g/mol. The van der Waals surface area contributed by atoms with Crippen LogP contribution >= 0.6 is 7.92 Å². The summed E-state index contributed by atoms with van der Waals surface area (Å²) >= 11 is 0. The highest BCUT2D eigenvalue weighted by Gasteiger charge is 2.35. The number of benzene rings is 1. The zero-order valence-electron chi connectivity index (χ0n) is 16.2. The van der Waals surface area contributed by atoms with Crippen molar-refractivity contribution in [1.82, 2.24) is 9.55 Å². The Bertz CT molecular complexity index is 739. The van der Waals surface area contributed by atoms with Crippen LogP contribution in [-0.2, 0) is 6.18 Å². The molecule has 1 aromatic carbocycles. The van der Waals surface area contributed by atoms with Gasteiger partial charge in [0.2, 0.25) is 0 Å². The molecule has 4 rings (SSSR count). The van der Waals surface area contributed by atoms with Gasteiger partial charge < -0.3 is 4.57 Å². The van der Waals surface area contributed by atoms with E-state index in [0.29, 0.717) is 11.3 Å². The van der Waals surface area contributed by atoms with E-state index in [1.807, 2.05) is 12.4 Å². The number of aromatic nitrogens is 2. The van der Waals surface area contributed by atoms with E-state index in [1.54, 1.807) is 12.1 Å². The van der Waals surface area contributed by atoms with Gasteiger partial charge in [0.05, 0.1) is 5.56 Å². The molecular formula is C22H28F3N2P. The first-order valence-electron chi connectivity index (χ1n) is 10.5. The highest BCUT2D eigenvalue weighted by atomic mass is 31.1. The summed E-state index contributed by atoms with van der Waals surface area (Å²) in [7, 11) is -0.400. The molecule has 2 nitrogen and oxygen atoms in total. The predicted octanol–water partition coefficient (Wildman–Crippen LogP) is 6.66. The van der Waals surface area contributed by atoms with Crippen LogP contribution in [0.1, 0.15) is 69.8 Å². The highest BCUT2D eigenvalue weighted by molar-refractivity contribution is 7.66. The van der Waals surface area contributed by atoms with Crippen LogP contribution in [-0.4, -0.2) is 20.9 Å². The molecule has 0 unspecified atom stereocenters. The van der Waals surface area contributed by atoms with Crippen molar-refractivity contribution in [2.45, 2.75) is 81.7 Å². The van der Waals surface area contributed by atoms with Gasteiger partial charge in [-0.05, 0) is 69.2 Å². The largest absolute Gasteiger partial charge is 0.416 e. The van der Waals surface area contributed by atoms with Crippen LogP contribution in [0.5, 0.6) is 0 Å². The molecule has 152 valence electrons. The summed E-state index contributed by atoms with van der Waals surface area (Å²) in [5.41, 5.74) is 2.73. The van der Waals surface area contributed by atoms with Gasteiger partial charge in [0.1, 0.15) is 5.57 Å². The van der Waals surface area contributed by atoms with Crippen LogP contribution in [0.4, 0.5) is 13.2 Å². The second-order valence-electron chi connectivity index (χ2n) is 8.13. The quantitative estimate of drug-likeness (QED) is 0.517. The van der Waals surface area contributed by atoms with Crippen LogP contribution in [0, 0.1) is 0 Å². The van der Waals surface area contributed by atoms with Gasteiger partial charge in [-0.1, -0.05) is 38.5 Å². The second kappa shape index (κ2) is 8.57. The highest BCUT2D eigenvalue weighted by Crippen LogP contribution is 2.54. The molecule has 0 saturated heterocycles. The molecule has 28 heavy (non-hydrogen) atoms. The number of hydrogen-bond donors (Lipinski definition) is 0. The van der Waals surface area contributed by atoms with Crippen molar-refractivity contribution in [1.29, 1.82) is 0 Å². The molecule has 0 N–H and O–H groups in total. The van der Waals surface area contributed by atoms with E-state index in [1.165, 1.54) is 76.3 Å². The molecule has 2 fully saturated rings. The molecule has 1 heterocycles. The third kappa shape index (κ3) is 4.30. The Morgan fingerprint density at radius 3 is 1.86 bits per heavy atom. The van der Waals surface area contributed by atoms with E-state index in [2.05, 4.69) is 4.57 Å². The Labute approximate surface area is 166 Å². The molecule has 2 aliphatic carbocycles. The van der Waals surface area contributed by atoms with Gasteiger partial charge in [-0.15, -0.1) is 0 Å². The third-order valence-corrected chi connectivity index (χ3v) is 9.66. The minimum Gasteiger partial charge on any atom is -0.300 e. The minimum atomic E-state index is -4.30. The number of nitrogens with zero attached hydrogens (tertiary/aromatic N) is 2. The van der Waals surface area contributed by atoms with Gasteiger partial charge in [-0.25, -0.2) is 4.98 Å². The number of halogens is 3. The Balaban J connectivity index is 1.67. The monoisotopic (exact) mass is 408 g/mol. The Morgan fingerprint density at radius 1 is 0.821 bits per heavy atom. The van der Waals surface area contributed by atoms with Crippen molar-refractivity contribution in [3.63, 3.8) is 0 Å². The molecule has 2 aliphatic rings. The van der Waals surface area contributed by atoms with E-state index in [4.69, 9.17) is 4.98 Å². The molecule has 0 radical (unpaired) electrons. The smallest absolute Gasteiger partial charge is 0.300 e. The molecule has 0 bridgehead atoms. The van der Waals surface area contributed by atoms with Gasteiger partial charge in [-0.3, -0.25) is 0 Å². The fourth-order valence-corrected chi connectivity index (χ4v) is 8.57. The van der Waals surface area contributed by atoms with Crippen LogP contribution < -0.4 is 5.57 Å². The third-order valence-electron chi connectivity index (χ3n) is 6.26. The lowest BCUT2D eigenvalue weighted by Crippen LogP contribution is -2.30. The molecule has 2 aromatic rings. The van der Waals surface area contributed by atoms with Crippen molar-refractivity contribution in [2.24, 2.45) is 0 Å². The van der Waals surface area contributed by atoms with E-state index in [0.717, 1.165) is 11.3 Å². The van der Waals surface area contributed by atoms with Gasteiger partial charge in [0.15, 0.2) is 0 Å². The Kier molecular flexibility index (Phi) is 6.10. The number of imidazole rings is 1. The molecule has 0 spiro atoms. The molecule has 0 atom stereocenters. The van der Waals surface area contributed by atoms with Crippen LogP contribution in [0.3, 0.4) is 0 Å². The fourth-order valence-electron chi connectivity index (χ4n) is 4.84. The lowest BCUT2D eigenvalue weighted by Gasteiger charge is -2.38. The summed E-state index contributed by atoms with van der Waals surface area (Å²) in [6.45, 7) is 0. The number of hydrogen-bond acceptors (Lipinski definition) is 1. The van der Waals surface area contributed by atoms with E-state index in [-0.39, 0.29) is 0 Å². The molecule has 2 saturated carbocycles. The van der Waals surface area contributed by atoms with E-state index in [9.17, 15) is 13.2 Å². The van der Waals surface area contributed by atoms with Crippen molar-refractivity contribution < 1.29 is 13.2 Å². The fraction of sp³-hybridized carbons (Fsp3) is 0.591. The first-order chi connectivity index (χ1) is 13.5. The predicted molar refractivity (Wildman–Crippen MR) is 109 cm³/mol. The summed E-state index contributed by atoms with van der Waals surface area (Å²) in [6.07, 6.45) is 12.5. The van der Waals surface area contributed by atoms with Crippen molar-refractivity contribution in [2.75, 3.05) is 0 Å². The van der Waals surface area contributed by atoms with E-state index >= 15 is 0 Å². The molecule has 1 aromatic heterocycles. The first kappa shape index (κ1) is 19.9. The Hall–Kier alpha value is -1.35. The van der Waals surface area contributed by atoms with Gasteiger partial charge in [-0.2, -0.15) is 13.2 Å². The zero-order valence-corrected chi connectivity index (χ0v) is 17.1. The van der Waals surface area contributed by atoms with Gasteiger partial charge >= 0.3 is 6.18 Å². The maximum atomic E-state index is 12.9. The minimum absolute atomic E-state index is 0.400. The summed E-state index contributed by atoms with van der Waals surface area (Å²) in [4.78, 5) is 4.78. The van der Waals surface area contributed by atoms with Crippen LogP contribution in [0.2, 0.25) is 0 Å². The standard InChI is InChI=1S/C22H28F3N2P/c23-22(24,25)17-11-13-18(14-12-17)27-16-15-26-21(27)28(19-7-3-1-4-8-19)20-9-5-2-6-10-20/h11-16,19-20H,1-10H2. The Morgan fingerprint density at radius 2 is 1.36 bits per heavy atom.